The molecule has 0 fully saturated rings. The van der Waals surface area contributed by atoms with Crippen LogP contribution in [0.25, 0.3) is 0 Å². The molecule has 4 heteroatoms. The van der Waals surface area contributed by atoms with Crippen LogP contribution in [0.15, 0.2) is 36.4 Å². The third-order valence-corrected chi connectivity index (χ3v) is 4.34. The summed E-state index contributed by atoms with van der Waals surface area (Å²) < 4.78 is 11.2. The number of rotatable bonds is 7. The van der Waals surface area contributed by atoms with E-state index in [9.17, 15) is 4.79 Å². The van der Waals surface area contributed by atoms with Gasteiger partial charge in [0.05, 0.1) is 13.2 Å². The highest BCUT2D eigenvalue weighted by Crippen LogP contribution is 2.29. The van der Waals surface area contributed by atoms with Gasteiger partial charge < -0.3 is 14.8 Å². The predicted octanol–water partition coefficient (Wildman–Crippen LogP) is 4.63. The van der Waals surface area contributed by atoms with E-state index in [1.54, 1.807) is 7.11 Å². The molecule has 1 amide bonds. The quantitative estimate of drug-likeness (QED) is 0.787. The van der Waals surface area contributed by atoms with Gasteiger partial charge in [0.1, 0.15) is 18.1 Å². The van der Waals surface area contributed by atoms with Crippen LogP contribution < -0.4 is 14.8 Å². The highest BCUT2D eigenvalue weighted by Gasteiger charge is 2.17. The lowest BCUT2D eigenvalue weighted by atomic mass is 9.96. The number of benzene rings is 2. The molecule has 0 aliphatic heterocycles. The summed E-state index contributed by atoms with van der Waals surface area (Å²) >= 11 is 0. The molecule has 1 N–H and O–H groups in total. The highest BCUT2D eigenvalue weighted by molar-refractivity contribution is 5.96. The number of aryl methyl sites for hydroxylation is 2. The van der Waals surface area contributed by atoms with Crippen molar-refractivity contribution < 1.29 is 14.3 Å². The van der Waals surface area contributed by atoms with Gasteiger partial charge in [-0.05, 0) is 62.1 Å². The molecule has 4 nitrogen and oxygen atoms in total. The van der Waals surface area contributed by atoms with Gasteiger partial charge in [-0.25, -0.2) is 0 Å². The molecule has 26 heavy (non-hydrogen) atoms. The van der Waals surface area contributed by atoms with Gasteiger partial charge in [-0.2, -0.15) is 0 Å². The van der Waals surface area contributed by atoms with E-state index in [1.165, 1.54) is 5.56 Å². The minimum atomic E-state index is -0.104. The van der Waals surface area contributed by atoms with Crippen LogP contribution in [0.3, 0.4) is 0 Å². The third-order valence-electron chi connectivity index (χ3n) is 4.34. The Morgan fingerprint density at radius 2 is 1.73 bits per heavy atom. The summed E-state index contributed by atoms with van der Waals surface area (Å²) in [5.74, 6) is 1.82. The molecule has 2 aromatic rings. The highest BCUT2D eigenvalue weighted by atomic mass is 16.5. The topological polar surface area (TPSA) is 47.6 Å². The van der Waals surface area contributed by atoms with Crippen LogP contribution in [0.5, 0.6) is 11.5 Å². The first-order valence-corrected chi connectivity index (χ1v) is 9.00. The van der Waals surface area contributed by atoms with E-state index < -0.39 is 0 Å². The van der Waals surface area contributed by atoms with Gasteiger partial charge in [-0.15, -0.1) is 0 Å². The van der Waals surface area contributed by atoms with Crippen LogP contribution in [0.4, 0.5) is 0 Å². The number of nitrogens with one attached hydrogen (secondary N) is 1. The van der Waals surface area contributed by atoms with E-state index in [0.717, 1.165) is 22.6 Å². The zero-order valence-electron chi connectivity index (χ0n) is 16.6. The van der Waals surface area contributed by atoms with Gasteiger partial charge in [-0.3, -0.25) is 4.79 Å². The monoisotopic (exact) mass is 355 g/mol. The van der Waals surface area contributed by atoms with E-state index in [2.05, 4.69) is 19.2 Å². The molecule has 0 bridgehead atoms. The summed E-state index contributed by atoms with van der Waals surface area (Å²) in [7, 11) is 1.66. The SMILES string of the molecule is COc1cc(C)c(C(=O)NC(C)COc2ccc(C)cc2)cc1C(C)C. The maximum atomic E-state index is 12.7. The lowest BCUT2D eigenvalue weighted by molar-refractivity contribution is 0.0926. The minimum absolute atomic E-state index is 0.0907. The smallest absolute Gasteiger partial charge is 0.251 e. The van der Waals surface area contributed by atoms with Crippen LogP contribution >= 0.6 is 0 Å². The Hall–Kier alpha value is -2.49. The number of hydrogen-bond acceptors (Lipinski definition) is 3. The molecule has 2 rings (SSSR count). The van der Waals surface area contributed by atoms with Gasteiger partial charge in [0, 0.05) is 5.56 Å². The van der Waals surface area contributed by atoms with Crippen molar-refractivity contribution >= 4 is 5.91 Å². The Morgan fingerprint density at radius 3 is 2.31 bits per heavy atom. The average molecular weight is 355 g/mol. The van der Waals surface area contributed by atoms with Crippen molar-refractivity contribution in [2.45, 2.75) is 46.6 Å². The fourth-order valence-electron chi connectivity index (χ4n) is 2.77. The maximum Gasteiger partial charge on any atom is 0.251 e. The van der Waals surface area contributed by atoms with Crippen molar-refractivity contribution in [1.29, 1.82) is 0 Å². The van der Waals surface area contributed by atoms with Crippen LogP contribution in [0.2, 0.25) is 0 Å². The fourth-order valence-corrected chi connectivity index (χ4v) is 2.77. The molecule has 0 spiro atoms. The van der Waals surface area contributed by atoms with Crippen molar-refractivity contribution in [3.8, 4) is 11.5 Å². The molecule has 0 radical (unpaired) electrons. The second-order valence-corrected chi connectivity index (χ2v) is 7.06. The van der Waals surface area contributed by atoms with Gasteiger partial charge >= 0.3 is 0 Å². The van der Waals surface area contributed by atoms with Crippen molar-refractivity contribution in [2.24, 2.45) is 0 Å². The molecule has 0 aliphatic rings. The standard InChI is InChI=1S/C22H29NO3/c1-14(2)19-12-20(16(4)11-21(19)25-6)22(24)23-17(5)13-26-18-9-7-15(3)8-10-18/h7-12,14,17H,13H2,1-6H3,(H,23,24). The number of carbonyl (C=O) groups is 1. The molecular weight excluding hydrogens is 326 g/mol. The minimum Gasteiger partial charge on any atom is -0.496 e. The normalized spacial score (nSPS) is 12.0. The molecule has 1 unspecified atom stereocenters. The number of methoxy groups -OCH3 is 1. The van der Waals surface area contributed by atoms with E-state index in [4.69, 9.17) is 9.47 Å². The van der Waals surface area contributed by atoms with E-state index in [1.807, 2.05) is 57.2 Å². The summed E-state index contributed by atoms with van der Waals surface area (Å²) in [6.45, 7) is 10.5. The van der Waals surface area contributed by atoms with Gasteiger partial charge in [0.25, 0.3) is 5.91 Å². The van der Waals surface area contributed by atoms with Crippen LogP contribution in [0, 0.1) is 13.8 Å². The van der Waals surface area contributed by atoms with Crippen molar-refractivity contribution in [1.82, 2.24) is 5.32 Å². The Bertz CT molecular complexity index is 751. The zero-order chi connectivity index (χ0) is 19.3. The van der Waals surface area contributed by atoms with Crippen molar-refractivity contribution in [3.05, 3.63) is 58.7 Å². The number of amides is 1. The molecular formula is C22H29NO3. The summed E-state index contributed by atoms with van der Waals surface area (Å²) in [5.41, 5.74) is 3.80. The van der Waals surface area contributed by atoms with Crippen LogP contribution in [0.1, 0.15) is 53.7 Å². The third kappa shape index (κ3) is 5.01. The van der Waals surface area contributed by atoms with Crippen LogP contribution in [-0.2, 0) is 0 Å². The van der Waals surface area contributed by atoms with Crippen molar-refractivity contribution in [2.75, 3.05) is 13.7 Å². The second-order valence-electron chi connectivity index (χ2n) is 7.06. The molecule has 2 aromatic carbocycles. The molecule has 0 saturated heterocycles. The van der Waals surface area contributed by atoms with Crippen molar-refractivity contribution in [3.63, 3.8) is 0 Å². The number of carbonyl (C=O) groups excluding carboxylic acids is 1. The zero-order valence-corrected chi connectivity index (χ0v) is 16.6. The predicted molar refractivity (Wildman–Crippen MR) is 105 cm³/mol. The van der Waals surface area contributed by atoms with E-state index >= 15 is 0 Å². The lowest BCUT2D eigenvalue weighted by Gasteiger charge is -2.18. The van der Waals surface area contributed by atoms with Gasteiger partial charge in [0.15, 0.2) is 0 Å². The maximum absolute atomic E-state index is 12.7. The molecule has 0 aliphatic carbocycles. The first-order valence-electron chi connectivity index (χ1n) is 9.00. The van der Waals surface area contributed by atoms with E-state index in [-0.39, 0.29) is 17.9 Å². The summed E-state index contributed by atoms with van der Waals surface area (Å²) in [5, 5.41) is 3.02. The number of ether oxygens (including phenoxy) is 2. The Morgan fingerprint density at radius 1 is 1.08 bits per heavy atom. The molecule has 0 saturated carbocycles. The first kappa shape index (κ1) is 19.8. The fraction of sp³-hybridized carbons (Fsp3) is 0.409. The van der Waals surface area contributed by atoms with Gasteiger partial charge in [-0.1, -0.05) is 31.5 Å². The summed E-state index contributed by atoms with van der Waals surface area (Å²) in [4.78, 5) is 12.7. The van der Waals surface area contributed by atoms with Gasteiger partial charge in [0.2, 0.25) is 0 Å². The molecule has 1 atom stereocenters. The largest absolute Gasteiger partial charge is 0.496 e. The molecule has 0 heterocycles. The lowest BCUT2D eigenvalue weighted by Crippen LogP contribution is -2.37. The van der Waals surface area contributed by atoms with Crippen LogP contribution in [-0.4, -0.2) is 25.7 Å². The number of hydrogen-bond donors (Lipinski definition) is 1. The summed E-state index contributed by atoms with van der Waals surface area (Å²) in [6, 6.07) is 11.6. The Labute approximate surface area is 156 Å². The Balaban J connectivity index is 2.04. The first-order chi connectivity index (χ1) is 12.3. The average Bonchev–Trinajstić information content (AvgIpc) is 2.60. The van der Waals surface area contributed by atoms with E-state index in [0.29, 0.717) is 12.2 Å². The summed E-state index contributed by atoms with van der Waals surface area (Å²) in [6.07, 6.45) is 0. The molecule has 0 aromatic heterocycles. The molecule has 140 valence electrons. The Kier molecular flexibility index (Phi) is 6.67. The second kappa shape index (κ2) is 8.75.